The van der Waals surface area contributed by atoms with Crippen LogP contribution in [0.5, 0.6) is 0 Å². The molecule has 0 aromatic rings. The second kappa shape index (κ2) is 8.91. The van der Waals surface area contributed by atoms with E-state index in [2.05, 4.69) is 38.7 Å². The van der Waals surface area contributed by atoms with Crippen molar-refractivity contribution in [3.05, 3.63) is 23.7 Å². The molecule has 0 aromatic carbocycles. The molecule has 8 nitrogen and oxygen atoms in total. The standard InChI is InChI=1S/C36H53NO7/c1-29(2,3)30(4,39)25-18-33-12-13-35(25,41-7)31(5)36(33)14-15-37(20-23-8-9-23)26(33)19-32-11-10-24(28(44-31)34(32,36)22-32)43-27(38)21-42-17-16-40-6/h10-11,23,25-26,39H,8-9,12-22H2,1-7H3. The van der Waals surface area contributed by atoms with E-state index in [0.29, 0.717) is 25.0 Å². The zero-order chi connectivity index (χ0) is 31.2. The Morgan fingerprint density at radius 2 is 1.89 bits per heavy atom. The molecule has 3 spiro atoms. The normalized spacial score (nSPS) is 47.5. The molecule has 4 bridgehead atoms. The van der Waals surface area contributed by atoms with E-state index in [0.717, 1.165) is 56.7 Å². The molecule has 2 heterocycles. The van der Waals surface area contributed by atoms with Crippen molar-refractivity contribution in [3.63, 3.8) is 0 Å². The molecule has 7 aliphatic carbocycles. The van der Waals surface area contributed by atoms with Crippen molar-refractivity contribution < 1.29 is 33.6 Å². The molecular weight excluding hydrogens is 558 g/mol. The van der Waals surface area contributed by atoms with E-state index in [9.17, 15) is 9.90 Å². The number of aliphatic hydroxyl groups is 1. The van der Waals surface area contributed by atoms with Crippen LogP contribution in [0.15, 0.2) is 23.7 Å². The summed E-state index contributed by atoms with van der Waals surface area (Å²) in [5, 5.41) is 12.6. The molecule has 9 rings (SSSR count). The molecule has 44 heavy (non-hydrogen) atoms. The van der Waals surface area contributed by atoms with Gasteiger partial charge in [0.1, 0.15) is 23.6 Å². The van der Waals surface area contributed by atoms with E-state index < -0.39 is 22.8 Å². The van der Waals surface area contributed by atoms with E-state index in [1.54, 1.807) is 7.11 Å². The molecule has 8 heteroatoms. The number of hydrogen-bond donors (Lipinski definition) is 1. The number of likely N-dealkylation sites (tertiary alicyclic amines) is 1. The van der Waals surface area contributed by atoms with Crippen molar-refractivity contribution in [2.45, 2.75) is 109 Å². The highest BCUT2D eigenvalue weighted by Crippen LogP contribution is 2.97. The van der Waals surface area contributed by atoms with Crippen LogP contribution in [-0.4, -0.2) is 86.0 Å². The van der Waals surface area contributed by atoms with Gasteiger partial charge in [-0.3, -0.25) is 4.90 Å². The molecule has 1 N–H and O–H groups in total. The number of hydrogen-bond acceptors (Lipinski definition) is 8. The number of carbonyl (C=O) groups is 1. The van der Waals surface area contributed by atoms with Crippen molar-refractivity contribution in [3.8, 4) is 0 Å². The fraction of sp³-hybridized carbons (Fsp3) is 0.861. The van der Waals surface area contributed by atoms with Gasteiger partial charge >= 0.3 is 5.97 Å². The van der Waals surface area contributed by atoms with Crippen LogP contribution in [0.4, 0.5) is 0 Å². The number of ether oxygens (including phenoxy) is 5. The minimum absolute atomic E-state index is 0.00242. The van der Waals surface area contributed by atoms with Gasteiger partial charge in [-0.1, -0.05) is 26.8 Å². The summed E-state index contributed by atoms with van der Waals surface area (Å²) in [6.45, 7) is 13.7. The van der Waals surface area contributed by atoms with Crippen molar-refractivity contribution in [1.29, 1.82) is 0 Å². The predicted octanol–water partition coefficient (Wildman–Crippen LogP) is 5.00. The Morgan fingerprint density at radius 1 is 1.11 bits per heavy atom. The quantitative estimate of drug-likeness (QED) is 0.273. The number of allylic oxidation sites excluding steroid dienone is 3. The van der Waals surface area contributed by atoms with Gasteiger partial charge in [-0.25, -0.2) is 4.79 Å². The van der Waals surface area contributed by atoms with Crippen LogP contribution in [0.25, 0.3) is 0 Å². The van der Waals surface area contributed by atoms with Gasteiger partial charge in [0.15, 0.2) is 5.76 Å². The van der Waals surface area contributed by atoms with E-state index in [1.807, 2.05) is 20.1 Å². The highest BCUT2D eigenvalue weighted by molar-refractivity contribution is 5.73. The van der Waals surface area contributed by atoms with E-state index in [1.165, 1.54) is 19.4 Å². The van der Waals surface area contributed by atoms with Gasteiger partial charge in [0.2, 0.25) is 0 Å². The lowest BCUT2D eigenvalue weighted by Crippen LogP contribution is -2.86. The van der Waals surface area contributed by atoms with Gasteiger partial charge in [0, 0.05) is 43.6 Å². The van der Waals surface area contributed by atoms with Crippen LogP contribution >= 0.6 is 0 Å². The summed E-state index contributed by atoms with van der Waals surface area (Å²) in [5.41, 5.74) is -3.13. The summed E-state index contributed by atoms with van der Waals surface area (Å²) < 4.78 is 31.1. The van der Waals surface area contributed by atoms with Crippen LogP contribution in [0.3, 0.4) is 0 Å². The largest absolute Gasteiger partial charge is 0.484 e. The lowest BCUT2D eigenvalue weighted by Gasteiger charge is -2.80. The van der Waals surface area contributed by atoms with E-state index in [-0.39, 0.29) is 39.6 Å². The lowest BCUT2D eigenvalue weighted by molar-refractivity contribution is -0.381. The van der Waals surface area contributed by atoms with Crippen LogP contribution in [-0.2, 0) is 28.5 Å². The topological polar surface area (TPSA) is 86.7 Å². The first kappa shape index (κ1) is 29.9. The maximum Gasteiger partial charge on any atom is 0.337 e. The molecule has 2 saturated heterocycles. The summed E-state index contributed by atoms with van der Waals surface area (Å²) in [4.78, 5) is 15.9. The number of methoxy groups -OCH3 is 2. The van der Waals surface area contributed by atoms with Crippen molar-refractivity contribution >= 4 is 5.97 Å². The highest BCUT2D eigenvalue weighted by atomic mass is 16.6. The molecule has 9 unspecified atom stereocenters. The first-order chi connectivity index (χ1) is 20.7. The molecule has 244 valence electrons. The lowest BCUT2D eigenvalue weighted by atomic mass is 9.27. The zero-order valence-corrected chi connectivity index (χ0v) is 27.9. The SMILES string of the molecule is COCCOCC(=O)OC1=C2OC3(C)C4(OC)CCC5(CC4C(C)(O)C(C)(C)C)C4CC6(C=C1)CC26C53CCN4CC1CC1. The Labute approximate surface area is 262 Å². The molecule has 8 fully saturated rings. The number of rotatable bonds is 10. The molecule has 9 atom stereocenters. The average Bonchev–Trinajstić information content (AvgIpc) is 3.88. The Morgan fingerprint density at radius 3 is 2.57 bits per heavy atom. The average molecular weight is 612 g/mol. The minimum Gasteiger partial charge on any atom is -0.484 e. The van der Waals surface area contributed by atoms with E-state index in [4.69, 9.17) is 23.7 Å². The third-order valence-corrected chi connectivity index (χ3v) is 15.1. The zero-order valence-electron chi connectivity index (χ0n) is 27.9. The smallest absolute Gasteiger partial charge is 0.337 e. The molecule has 0 amide bonds. The molecular formula is C36H53NO7. The molecule has 0 radical (unpaired) electrons. The molecule has 2 aliphatic heterocycles. The maximum atomic E-state index is 13.1. The monoisotopic (exact) mass is 611 g/mol. The second-order valence-electron chi connectivity index (χ2n) is 17.1. The summed E-state index contributed by atoms with van der Waals surface area (Å²) in [6, 6.07) is 0.436. The third-order valence-electron chi connectivity index (χ3n) is 15.1. The minimum atomic E-state index is -0.981. The molecule has 6 saturated carbocycles. The van der Waals surface area contributed by atoms with Crippen molar-refractivity contribution in [1.82, 2.24) is 4.90 Å². The van der Waals surface area contributed by atoms with Crippen molar-refractivity contribution in [2.75, 3.05) is 47.1 Å². The van der Waals surface area contributed by atoms with Crippen LogP contribution in [0.2, 0.25) is 0 Å². The van der Waals surface area contributed by atoms with Gasteiger partial charge in [0.25, 0.3) is 0 Å². The number of esters is 1. The number of nitrogens with zero attached hydrogens (tertiary/aromatic N) is 1. The number of piperidine rings is 1. The van der Waals surface area contributed by atoms with Gasteiger partial charge in [-0.05, 0) is 94.6 Å². The second-order valence-corrected chi connectivity index (χ2v) is 17.1. The van der Waals surface area contributed by atoms with Gasteiger partial charge in [-0.2, -0.15) is 0 Å². The first-order valence-electron chi connectivity index (χ1n) is 17.2. The number of carbonyl (C=O) groups excluding carboxylic acids is 1. The van der Waals surface area contributed by atoms with Gasteiger partial charge in [0.05, 0.1) is 24.2 Å². The Bertz CT molecular complexity index is 1330. The summed E-state index contributed by atoms with van der Waals surface area (Å²) in [5.74, 6) is 1.71. The van der Waals surface area contributed by atoms with Crippen molar-refractivity contribution in [2.24, 2.45) is 38.9 Å². The third kappa shape index (κ3) is 3.12. The first-order valence-corrected chi connectivity index (χ1v) is 17.2. The van der Waals surface area contributed by atoms with Crippen LogP contribution < -0.4 is 0 Å². The number of fused-ring (bicyclic) bond motifs is 2. The predicted molar refractivity (Wildman–Crippen MR) is 163 cm³/mol. The highest BCUT2D eigenvalue weighted by Gasteiger charge is 2.99. The molecule has 9 aliphatic rings. The fourth-order valence-electron chi connectivity index (χ4n) is 12.7. The Kier molecular flexibility index (Phi) is 6.06. The van der Waals surface area contributed by atoms with Gasteiger partial charge < -0.3 is 28.8 Å². The summed E-state index contributed by atoms with van der Waals surface area (Å²) in [7, 11) is 3.46. The van der Waals surface area contributed by atoms with E-state index >= 15 is 0 Å². The fourth-order valence-corrected chi connectivity index (χ4v) is 12.7. The van der Waals surface area contributed by atoms with Crippen LogP contribution in [0, 0.1) is 38.9 Å². The van der Waals surface area contributed by atoms with Gasteiger partial charge in [-0.15, -0.1) is 0 Å². The Balaban J connectivity index is 1.29. The summed E-state index contributed by atoms with van der Waals surface area (Å²) >= 11 is 0. The van der Waals surface area contributed by atoms with Crippen LogP contribution in [0.1, 0.15) is 86.0 Å². The summed E-state index contributed by atoms with van der Waals surface area (Å²) in [6.07, 6.45) is 13.2. The maximum absolute atomic E-state index is 13.1. The Hall–Kier alpha value is -1.45. The molecule has 0 aromatic heterocycles.